The van der Waals surface area contributed by atoms with Crippen LogP contribution in [0, 0.1) is 0 Å². The Kier molecular flexibility index (Phi) is 2.45. The first-order valence-electron chi connectivity index (χ1n) is 5.23. The third-order valence-electron chi connectivity index (χ3n) is 2.41. The van der Waals surface area contributed by atoms with Crippen LogP contribution < -0.4 is 11.5 Å². The van der Waals surface area contributed by atoms with Crippen molar-refractivity contribution in [2.75, 3.05) is 11.5 Å². The highest BCUT2D eigenvalue weighted by atomic mass is 32.1. The average molecular weight is 258 g/mol. The highest BCUT2D eigenvalue weighted by Crippen LogP contribution is 2.23. The Labute approximate surface area is 107 Å². The van der Waals surface area contributed by atoms with Crippen molar-refractivity contribution < 1.29 is 0 Å². The van der Waals surface area contributed by atoms with Gasteiger partial charge in [-0.2, -0.15) is 5.10 Å². The first-order valence-corrected chi connectivity index (χ1v) is 6.05. The van der Waals surface area contributed by atoms with Crippen LogP contribution in [0.4, 0.5) is 10.8 Å². The maximum atomic E-state index is 5.64. The SMILES string of the molecule is Nc1ccc(-n2ccc(-c3nnc(N)s3)n2)cc1. The van der Waals surface area contributed by atoms with Crippen molar-refractivity contribution in [2.45, 2.75) is 0 Å². The summed E-state index contributed by atoms with van der Waals surface area (Å²) in [4.78, 5) is 0. The molecule has 4 N–H and O–H groups in total. The summed E-state index contributed by atoms with van der Waals surface area (Å²) in [6.07, 6.45) is 1.86. The van der Waals surface area contributed by atoms with Gasteiger partial charge in [0.25, 0.3) is 0 Å². The van der Waals surface area contributed by atoms with Crippen molar-refractivity contribution in [3.8, 4) is 16.4 Å². The number of nitrogens with zero attached hydrogens (tertiary/aromatic N) is 4. The van der Waals surface area contributed by atoms with Gasteiger partial charge in [0.15, 0.2) is 5.01 Å². The van der Waals surface area contributed by atoms with E-state index in [0.29, 0.717) is 10.1 Å². The van der Waals surface area contributed by atoms with Gasteiger partial charge in [-0.05, 0) is 30.3 Å². The highest BCUT2D eigenvalue weighted by Gasteiger charge is 2.08. The third-order valence-corrected chi connectivity index (χ3v) is 3.18. The number of hydrogen-bond acceptors (Lipinski definition) is 6. The van der Waals surface area contributed by atoms with Crippen molar-refractivity contribution in [1.82, 2.24) is 20.0 Å². The fourth-order valence-electron chi connectivity index (χ4n) is 1.55. The minimum Gasteiger partial charge on any atom is -0.399 e. The van der Waals surface area contributed by atoms with Crippen molar-refractivity contribution in [3.63, 3.8) is 0 Å². The van der Waals surface area contributed by atoms with Crippen molar-refractivity contribution in [2.24, 2.45) is 0 Å². The molecule has 1 aromatic carbocycles. The Balaban J connectivity index is 1.96. The van der Waals surface area contributed by atoms with E-state index in [9.17, 15) is 0 Å². The lowest BCUT2D eigenvalue weighted by Crippen LogP contribution is -1.95. The number of nitrogen functional groups attached to an aromatic ring is 2. The van der Waals surface area contributed by atoms with Crippen LogP contribution in [0.1, 0.15) is 0 Å². The zero-order chi connectivity index (χ0) is 12.5. The summed E-state index contributed by atoms with van der Waals surface area (Å²) in [6, 6.07) is 9.34. The van der Waals surface area contributed by atoms with Crippen molar-refractivity contribution in [3.05, 3.63) is 36.5 Å². The predicted octanol–water partition coefficient (Wildman–Crippen LogP) is 1.56. The Bertz CT molecular complexity index is 669. The summed E-state index contributed by atoms with van der Waals surface area (Å²) >= 11 is 1.31. The number of benzene rings is 1. The second-order valence-corrected chi connectivity index (χ2v) is 4.69. The van der Waals surface area contributed by atoms with Crippen LogP contribution in [0.15, 0.2) is 36.5 Å². The van der Waals surface area contributed by atoms with E-state index in [0.717, 1.165) is 17.1 Å². The maximum Gasteiger partial charge on any atom is 0.203 e. The molecular weight excluding hydrogens is 248 g/mol. The van der Waals surface area contributed by atoms with Crippen molar-refractivity contribution in [1.29, 1.82) is 0 Å². The fourth-order valence-corrected chi connectivity index (χ4v) is 2.12. The molecule has 6 nitrogen and oxygen atoms in total. The first kappa shape index (κ1) is 10.7. The van der Waals surface area contributed by atoms with E-state index < -0.39 is 0 Å². The number of hydrogen-bond donors (Lipinski definition) is 2. The van der Waals surface area contributed by atoms with Crippen LogP contribution in [-0.4, -0.2) is 20.0 Å². The quantitative estimate of drug-likeness (QED) is 0.680. The molecule has 0 saturated heterocycles. The molecule has 0 radical (unpaired) electrons. The number of rotatable bonds is 2. The molecule has 0 fully saturated rings. The Hall–Kier alpha value is -2.41. The van der Waals surface area contributed by atoms with Crippen LogP contribution in [0.2, 0.25) is 0 Å². The summed E-state index contributed by atoms with van der Waals surface area (Å²) in [6.45, 7) is 0. The predicted molar refractivity (Wildman–Crippen MR) is 71.3 cm³/mol. The molecule has 0 amide bonds. The largest absolute Gasteiger partial charge is 0.399 e. The minimum atomic E-state index is 0.437. The second-order valence-electron chi connectivity index (χ2n) is 3.68. The van der Waals surface area contributed by atoms with Gasteiger partial charge in [0.1, 0.15) is 5.69 Å². The smallest absolute Gasteiger partial charge is 0.203 e. The summed E-state index contributed by atoms with van der Waals surface area (Å²) in [5.74, 6) is 0. The van der Waals surface area contributed by atoms with E-state index in [1.807, 2.05) is 36.5 Å². The van der Waals surface area contributed by atoms with Crippen LogP contribution in [0.5, 0.6) is 0 Å². The van der Waals surface area contributed by atoms with Gasteiger partial charge < -0.3 is 11.5 Å². The zero-order valence-corrected chi connectivity index (χ0v) is 10.1. The lowest BCUT2D eigenvalue weighted by atomic mass is 10.3. The summed E-state index contributed by atoms with van der Waals surface area (Å²) < 4.78 is 1.76. The van der Waals surface area contributed by atoms with Crippen LogP contribution >= 0.6 is 11.3 Å². The normalized spacial score (nSPS) is 10.7. The summed E-state index contributed by atoms with van der Waals surface area (Å²) in [5, 5.41) is 13.3. The maximum absolute atomic E-state index is 5.64. The lowest BCUT2D eigenvalue weighted by Gasteiger charge is -2.00. The number of nitrogens with two attached hydrogens (primary N) is 2. The van der Waals surface area contributed by atoms with E-state index in [1.165, 1.54) is 11.3 Å². The Morgan fingerprint density at radius 1 is 1.00 bits per heavy atom. The molecular formula is C11H10N6S. The monoisotopic (exact) mass is 258 g/mol. The van der Waals surface area contributed by atoms with Gasteiger partial charge in [-0.1, -0.05) is 11.3 Å². The number of aromatic nitrogens is 4. The molecule has 7 heteroatoms. The van der Waals surface area contributed by atoms with Gasteiger partial charge in [-0.3, -0.25) is 0 Å². The molecule has 0 atom stereocenters. The minimum absolute atomic E-state index is 0.437. The van der Waals surface area contributed by atoms with Crippen molar-refractivity contribution >= 4 is 22.2 Å². The van der Waals surface area contributed by atoms with E-state index >= 15 is 0 Å². The lowest BCUT2D eigenvalue weighted by molar-refractivity contribution is 0.882. The van der Waals surface area contributed by atoms with Gasteiger partial charge in [0.2, 0.25) is 5.13 Å². The molecule has 0 aliphatic carbocycles. The van der Waals surface area contributed by atoms with Gasteiger partial charge >= 0.3 is 0 Å². The Morgan fingerprint density at radius 2 is 1.78 bits per heavy atom. The van der Waals surface area contributed by atoms with Crippen LogP contribution in [0.3, 0.4) is 0 Å². The van der Waals surface area contributed by atoms with E-state index in [1.54, 1.807) is 4.68 Å². The molecule has 0 aliphatic heterocycles. The van der Waals surface area contributed by atoms with Gasteiger partial charge in [0, 0.05) is 11.9 Å². The molecule has 2 aromatic heterocycles. The fraction of sp³-hybridized carbons (Fsp3) is 0. The molecule has 0 aliphatic rings. The third kappa shape index (κ3) is 1.91. The van der Waals surface area contributed by atoms with E-state index in [-0.39, 0.29) is 0 Å². The molecule has 0 saturated carbocycles. The van der Waals surface area contributed by atoms with Gasteiger partial charge in [-0.25, -0.2) is 4.68 Å². The highest BCUT2D eigenvalue weighted by molar-refractivity contribution is 7.18. The van der Waals surface area contributed by atoms with E-state index in [4.69, 9.17) is 11.5 Å². The Morgan fingerprint density at radius 3 is 2.44 bits per heavy atom. The molecule has 3 aromatic rings. The molecule has 2 heterocycles. The summed E-state index contributed by atoms with van der Waals surface area (Å²) in [5.41, 5.74) is 13.6. The topological polar surface area (TPSA) is 95.6 Å². The van der Waals surface area contributed by atoms with Crippen LogP contribution in [0.25, 0.3) is 16.4 Å². The molecule has 0 unspecified atom stereocenters. The zero-order valence-electron chi connectivity index (χ0n) is 9.32. The van der Waals surface area contributed by atoms with Crippen LogP contribution in [-0.2, 0) is 0 Å². The summed E-state index contributed by atoms with van der Waals surface area (Å²) in [7, 11) is 0. The molecule has 3 rings (SSSR count). The first-order chi connectivity index (χ1) is 8.72. The number of anilines is 2. The molecule has 0 bridgehead atoms. The molecule has 18 heavy (non-hydrogen) atoms. The average Bonchev–Trinajstić information content (AvgIpc) is 2.98. The molecule has 90 valence electrons. The second kappa shape index (κ2) is 4.11. The van der Waals surface area contributed by atoms with Gasteiger partial charge in [-0.15, -0.1) is 10.2 Å². The van der Waals surface area contributed by atoms with E-state index in [2.05, 4.69) is 15.3 Å². The molecule has 0 spiro atoms. The van der Waals surface area contributed by atoms with Gasteiger partial charge in [0.05, 0.1) is 5.69 Å². The standard InChI is InChI=1S/C11H10N6S/c12-7-1-3-8(4-2-7)17-6-5-9(16-17)10-14-15-11(13)18-10/h1-6H,12H2,(H2,13,15).